The maximum absolute atomic E-state index is 12.0. The number of benzene rings is 1. The summed E-state index contributed by atoms with van der Waals surface area (Å²) in [4.78, 5) is 12.3. The third-order valence-electron chi connectivity index (χ3n) is 2.80. The number of phenolic OH excluding ortho intramolecular Hbond substituents is 1. The van der Waals surface area contributed by atoms with Crippen molar-refractivity contribution in [1.82, 2.24) is 5.43 Å². The summed E-state index contributed by atoms with van der Waals surface area (Å²) in [6.07, 6.45) is 1.34. The van der Waals surface area contributed by atoms with E-state index in [1.54, 1.807) is 25.1 Å². The van der Waals surface area contributed by atoms with Crippen LogP contribution in [0.15, 0.2) is 29.4 Å². The molecule has 0 radical (unpaired) electrons. The van der Waals surface area contributed by atoms with Crippen LogP contribution in [0.5, 0.6) is 5.75 Å². The van der Waals surface area contributed by atoms with Crippen LogP contribution in [0.1, 0.15) is 26.4 Å². The van der Waals surface area contributed by atoms with Crippen LogP contribution in [0.25, 0.3) is 0 Å². The Kier molecular flexibility index (Phi) is 4.21. The van der Waals surface area contributed by atoms with Crippen LogP contribution < -0.4 is 11.2 Å². The average Bonchev–Trinajstić information content (AvgIpc) is 2.75. The quantitative estimate of drug-likeness (QED) is 0.594. The van der Waals surface area contributed by atoms with E-state index in [4.69, 9.17) is 11.0 Å². The summed E-state index contributed by atoms with van der Waals surface area (Å²) in [6, 6.07) is 8.57. The van der Waals surface area contributed by atoms with E-state index in [1.807, 2.05) is 6.07 Å². The third kappa shape index (κ3) is 3.01. The van der Waals surface area contributed by atoms with Crippen LogP contribution in [0.3, 0.4) is 0 Å². The average molecular weight is 300 g/mol. The lowest BCUT2D eigenvalue weighted by Gasteiger charge is -1.99. The molecule has 0 unspecified atom stereocenters. The van der Waals surface area contributed by atoms with E-state index in [9.17, 15) is 9.90 Å². The second kappa shape index (κ2) is 6.07. The minimum Gasteiger partial charge on any atom is -0.507 e. The molecule has 0 saturated carbocycles. The number of amides is 1. The normalized spacial score (nSPS) is 10.5. The first-order chi connectivity index (χ1) is 10.0. The molecule has 2 rings (SSSR count). The van der Waals surface area contributed by atoms with Crippen molar-refractivity contribution in [2.24, 2.45) is 5.10 Å². The number of nitrogens with zero attached hydrogens (tertiary/aromatic N) is 2. The summed E-state index contributed by atoms with van der Waals surface area (Å²) in [5, 5.41) is 22.6. The van der Waals surface area contributed by atoms with Crippen molar-refractivity contribution in [2.75, 3.05) is 5.73 Å². The number of nitrogen functional groups attached to an aromatic ring is 1. The summed E-state index contributed by atoms with van der Waals surface area (Å²) in [6.45, 7) is 1.66. The zero-order valence-electron chi connectivity index (χ0n) is 11.1. The number of hydrogen-bond acceptors (Lipinski definition) is 6. The number of nitrogens with one attached hydrogen (secondary N) is 1. The zero-order chi connectivity index (χ0) is 15.4. The number of rotatable bonds is 3. The van der Waals surface area contributed by atoms with Gasteiger partial charge in [0.15, 0.2) is 0 Å². The van der Waals surface area contributed by atoms with E-state index in [0.29, 0.717) is 26.6 Å². The first kappa shape index (κ1) is 14.6. The number of hydrazone groups is 1. The largest absolute Gasteiger partial charge is 0.507 e. The Morgan fingerprint density at radius 3 is 2.86 bits per heavy atom. The van der Waals surface area contributed by atoms with E-state index in [-0.39, 0.29) is 5.75 Å². The van der Waals surface area contributed by atoms with Crippen molar-refractivity contribution in [3.63, 3.8) is 0 Å². The summed E-state index contributed by atoms with van der Waals surface area (Å²) in [7, 11) is 0. The highest BCUT2D eigenvalue weighted by Gasteiger charge is 2.18. The maximum atomic E-state index is 12.0. The summed E-state index contributed by atoms with van der Waals surface area (Å²) in [5.41, 5.74) is 9.36. The predicted molar refractivity (Wildman–Crippen MR) is 81.4 cm³/mol. The molecular formula is C14H12N4O2S. The van der Waals surface area contributed by atoms with Gasteiger partial charge in [-0.25, -0.2) is 5.43 Å². The molecule has 0 fully saturated rings. The van der Waals surface area contributed by atoms with Gasteiger partial charge < -0.3 is 10.8 Å². The minimum atomic E-state index is -0.447. The number of carbonyl (C=O) groups is 1. The van der Waals surface area contributed by atoms with Gasteiger partial charge >= 0.3 is 0 Å². The molecule has 0 saturated heterocycles. The molecule has 1 aromatic heterocycles. The molecule has 21 heavy (non-hydrogen) atoms. The highest BCUT2D eigenvalue weighted by atomic mass is 32.1. The number of phenols is 1. The van der Waals surface area contributed by atoms with Gasteiger partial charge in [-0.2, -0.15) is 10.4 Å². The SMILES string of the molecule is Cc1c(C(=O)N/N=C/c2ccccc2O)sc(N)c1C#N. The second-order valence-corrected chi connectivity index (χ2v) is 5.22. The number of carbonyl (C=O) groups excluding carboxylic acids is 1. The Labute approximate surface area is 125 Å². The van der Waals surface area contributed by atoms with Gasteiger partial charge in [0.05, 0.1) is 11.8 Å². The van der Waals surface area contributed by atoms with Crippen LogP contribution in [0.2, 0.25) is 0 Å². The second-order valence-electron chi connectivity index (χ2n) is 4.17. The van der Waals surface area contributed by atoms with Gasteiger partial charge in [-0.15, -0.1) is 11.3 Å². The molecule has 1 amide bonds. The molecule has 6 nitrogen and oxygen atoms in total. The number of nitriles is 1. The van der Waals surface area contributed by atoms with Gasteiger partial charge in [0, 0.05) is 5.56 Å². The molecule has 0 atom stereocenters. The van der Waals surface area contributed by atoms with Gasteiger partial charge in [0.1, 0.15) is 21.7 Å². The Hall–Kier alpha value is -2.85. The maximum Gasteiger partial charge on any atom is 0.281 e. The monoisotopic (exact) mass is 300 g/mol. The fraction of sp³-hybridized carbons (Fsp3) is 0.0714. The fourth-order valence-electron chi connectivity index (χ4n) is 1.70. The molecule has 0 aliphatic heterocycles. The molecule has 0 aliphatic rings. The van der Waals surface area contributed by atoms with E-state index >= 15 is 0 Å². The van der Waals surface area contributed by atoms with Gasteiger partial charge in [-0.3, -0.25) is 4.79 Å². The number of hydrogen-bond donors (Lipinski definition) is 3. The smallest absolute Gasteiger partial charge is 0.281 e. The topological polar surface area (TPSA) is 112 Å². The van der Waals surface area contributed by atoms with Crippen LogP contribution in [0.4, 0.5) is 5.00 Å². The van der Waals surface area contributed by atoms with Crippen molar-refractivity contribution >= 4 is 28.5 Å². The van der Waals surface area contributed by atoms with Crippen molar-refractivity contribution in [3.8, 4) is 11.8 Å². The van der Waals surface area contributed by atoms with E-state index < -0.39 is 5.91 Å². The van der Waals surface area contributed by atoms with Gasteiger partial charge in [0.2, 0.25) is 0 Å². The molecule has 1 aromatic carbocycles. The minimum absolute atomic E-state index is 0.0683. The van der Waals surface area contributed by atoms with Crippen LogP contribution in [-0.4, -0.2) is 17.2 Å². The third-order valence-corrected chi connectivity index (χ3v) is 3.92. The first-order valence-electron chi connectivity index (χ1n) is 5.95. The fourth-order valence-corrected chi connectivity index (χ4v) is 2.61. The molecule has 4 N–H and O–H groups in total. The summed E-state index contributed by atoms with van der Waals surface area (Å²) in [5.74, 6) is -0.379. The van der Waals surface area contributed by atoms with Gasteiger partial charge in [-0.05, 0) is 24.6 Å². The lowest BCUT2D eigenvalue weighted by Crippen LogP contribution is -2.17. The van der Waals surface area contributed by atoms with E-state index in [2.05, 4.69) is 10.5 Å². The lowest BCUT2D eigenvalue weighted by atomic mass is 10.2. The highest BCUT2D eigenvalue weighted by Crippen LogP contribution is 2.29. The highest BCUT2D eigenvalue weighted by molar-refractivity contribution is 7.18. The zero-order valence-corrected chi connectivity index (χ0v) is 11.9. The summed E-state index contributed by atoms with van der Waals surface area (Å²) >= 11 is 1.04. The molecule has 0 bridgehead atoms. The molecular weight excluding hydrogens is 288 g/mol. The summed E-state index contributed by atoms with van der Waals surface area (Å²) < 4.78 is 0. The molecule has 2 aromatic rings. The van der Waals surface area contributed by atoms with Crippen molar-refractivity contribution in [2.45, 2.75) is 6.92 Å². The van der Waals surface area contributed by atoms with E-state index in [0.717, 1.165) is 11.3 Å². The number of nitrogens with two attached hydrogens (primary N) is 1. The molecule has 1 heterocycles. The van der Waals surface area contributed by atoms with E-state index in [1.165, 1.54) is 12.3 Å². The Morgan fingerprint density at radius 1 is 1.52 bits per heavy atom. The molecule has 106 valence electrons. The first-order valence-corrected chi connectivity index (χ1v) is 6.76. The molecule has 0 spiro atoms. The van der Waals surface area contributed by atoms with Crippen LogP contribution >= 0.6 is 11.3 Å². The Morgan fingerprint density at radius 2 is 2.24 bits per heavy atom. The van der Waals surface area contributed by atoms with Crippen molar-refractivity contribution < 1.29 is 9.90 Å². The van der Waals surface area contributed by atoms with Crippen LogP contribution in [-0.2, 0) is 0 Å². The van der Waals surface area contributed by atoms with Gasteiger partial charge in [-0.1, -0.05) is 12.1 Å². The predicted octanol–water partition coefficient (Wildman–Crippen LogP) is 1.98. The van der Waals surface area contributed by atoms with Gasteiger partial charge in [0.25, 0.3) is 5.91 Å². The Balaban J connectivity index is 2.13. The number of anilines is 1. The Bertz CT molecular complexity index is 759. The number of para-hydroxylation sites is 1. The number of aromatic hydroxyl groups is 1. The molecule has 0 aliphatic carbocycles. The van der Waals surface area contributed by atoms with Crippen molar-refractivity contribution in [3.05, 3.63) is 45.8 Å². The lowest BCUT2D eigenvalue weighted by molar-refractivity contribution is 0.0958. The van der Waals surface area contributed by atoms with Crippen LogP contribution in [0, 0.1) is 18.3 Å². The number of thiophene rings is 1. The molecule has 7 heteroatoms. The van der Waals surface area contributed by atoms with Crippen molar-refractivity contribution in [1.29, 1.82) is 5.26 Å². The standard InChI is InChI=1S/C14H12N4O2S/c1-8-10(6-15)13(16)21-12(8)14(20)18-17-7-9-4-2-3-5-11(9)19/h2-5,7,19H,16H2,1H3,(H,18,20)/b17-7+.